The summed E-state index contributed by atoms with van der Waals surface area (Å²) in [6.45, 7) is 7.71. The molecular formula is C16H23Br2NO2. The molecule has 0 aromatic heterocycles. The molecule has 1 aliphatic rings. The number of hydrogen-bond donors (Lipinski definition) is 1. The van der Waals surface area contributed by atoms with Crippen LogP contribution >= 0.6 is 31.9 Å². The van der Waals surface area contributed by atoms with Crippen LogP contribution < -0.4 is 4.74 Å². The molecule has 1 N–H and O–H groups in total. The van der Waals surface area contributed by atoms with Gasteiger partial charge in [-0.05, 0) is 52.4 Å². The summed E-state index contributed by atoms with van der Waals surface area (Å²) in [7, 11) is 0. The van der Waals surface area contributed by atoms with Crippen LogP contribution in [0, 0.1) is 11.8 Å². The minimum atomic E-state index is -0.460. The molecule has 3 nitrogen and oxygen atoms in total. The number of benzene rings is 1. The Balaban J connectivity index is 1.80. The number of β-amino-alcohol motifs (C(OH)–C–C–N with tert-alkyl or cyclic N) is 1. The van der Waals surface area contributed by atoms with Gasteiger partial charge in [-0.3, -0.25) is 0 Å². The number of aliphatic hydroxyl groups excluding tert-OH is 1. The number of hydrogen-bond acceptors (Lipinski definition) is 3. The molecule has 1 saturated heterocycles. The molecule has 1 aromatic carbocycles. The molecule has 0 aliphatic carbocycles. The van der Waals surface area contributed by atoms with Gasteiger partial charge in [-0.1, -0.05) is 29.8 Å². The van der Waals surface area contributed by atoms with Crippen molar-refractivity contribution >= 4 is 31.9 Å². The van der Waals surface area contributed by atoms with Crippen molar-refractivity contribution in [2.24, 2.45) is 11.8 Å². The first-order valence-corrected chi connectivity index (χ1v) is 9.01. The zero-order chi connectivity index (χ0) is 15.4. The van der Waals surface area contributed by atoms with E-state index in [1.807, 2.05) is 18.2 Å². The summed E-state index contributed by atoms with van der Waals surface area (Å²) in [5.41, 5.74) is 0. The highest BCUT2D eigenvalue weighted by Crippen LogP contribution is 2.28. The van der Waals surface area contributed by atoms with Crippen molar-refractivity contribution in [1.29, 1.82) is 0 Å². The first kappa shape index (κ1) is 17.3. The Morgan fingerprint density at radius 2 is 1.95 bits per heavy atom. The predicted octanol–water partition coefficient (Wildman–Crippen LogP) is 3.93. The van der Waals surface area contributed by atoms with Crippen LogP contribution in [0.2, 0.25) is 0 Å². The normalized spacial score (nSPS) is 24.8. The van der Waals surface area contributed by atoms with Crippen LogP contribution in [0.3, 0.4) is 0 Å². The van der Waals surface area contributed by atoms with Crippen molar-refractivity contribution in [3.8, 4) is 5.75 Å². The van der Waals surface area contributed by atoms with E-state index >= 15 is 0 Å². The average Bonchev–Trinajstić information content (AvgIpc) is 2.36. The van der Waals surface area contributed by atoms with Gasteiger partial charge in [0.1, 0.15) is 18.5 Å². The third-order valence-electron chi connectivity index (χ3n) is 3.74. The van der Waals surface area contributed by atoms with Gasteiger partial charge in [0, 0.05) is 24.1 Å². The van der Waals surface area contributed by atoms with Gasteiger partial charge < -0.3 is 14.7 Å². The largest absolute Gasteiger partial charge is 0.490 e. The Hall–Kier alpha value is -0.100. The summed E-state index contributed by atoms with van der Waals surface area (Å²) in [4.78, 5) is 2.35. The van der Waals surface area contributed by atoms with E-state index in [2.05, 4.69) is 50.6 Å². The van der Waals surface area contributed by atoms with Crippen molar-refractivity contribution in [2.75, 3.05) is 26.2 Å². The standard InChI is InChI=1S/C16H23Br2NO2/c1-11-5-12(2)8-19(7-11)9-14(20)10-21-16-4-3-13(17)6-15(16)18/h3-4,6,11-12,14,20H,5,7-10H2,1-2H3/t11-,12-,14-/m1/s1. The summed E-state index contributed by atoms with van der Waals surface area (Å²) in [6, 6.07) is 5.77. The van der Waals surface area contributed by atoms with E-state index in [1.54, 1.807) is 0 Å². The fraction of sp³-hybridized carbons (Fsp3) is 0.625. The van der Waals surface area contributed by atoms with Crippen molar-refractivity contribution in [2.45, 2.75) is 26.4 Å². The molecule has 0 unspecified atom stereocenters. The number of ether oxygens (including phenoxy) is 1. The Bertz CT molecular complexity index is 460. The Kier molecular flexibility index (Phi) is 6.53. The second-order valence-electron chi connectivity index (χ2n) is 6.20. The molecule has 3 atom stereocenters. The molecule has 118 valence electrons. The van der Waals surface area contributed by atoms with Crippen molar-refractivity contribution in [3.63, 3.8) is 0 Å². The maximum absolute atomic E-state index is 10.2. The molecule has 0 spiro atoms. The maximum atomic E-state index is 10.2. The van der Waals surface area contributed by atoms with Crippen molar-refractivity contribution in [3.05, 3.63) is 27.1 Å². The van der Waals surface area contributed by atoms with E-state index < -0.39 is 6.10 Å². The summed E-state index contributed by atoms with van der Waals surface area (Å²) in [5, 5.41) is 10.2. The number of rotatable bonds is 5. The first-order valence-electron chi connectivity index (χ1n) is 7.42. The van der Waals surface area contributed by atoms with E-state index in [9.17, 15) is 5.11 Å². The molecule has 0 radical (unpaired) electrons. The fourth-order valence-electron chi connectivity index (χ4n) is 3.07. The van der Waals surface area contributed by atoms with Crippen LogP contribution in [0.5, 0.6) is 5.75 Å². The van der Waals surface area contributed by atoms with E-state index in [0.717, 1.165) is 27.8 Å². The van der Waals surface area contributed by atoms with Crippen LogP contribution in [0.1, 0.15) is 20.3 Å². The first-order chi connectivity index (χ1) is 9.94. The molecule has 1 fully saturated rings. The molecule has 0 saturated carbocycles. The molecule has 21 heavy (non-hydrogen) atoms. The second kappa shape index (κ2) is 7.95. The number of nitrogens with zero attached hydrogens (tertiary/aromatic N) is 1. The second-order valence-corrected chi connectivity index (χ2v) is 7.97. The highest BCUT2D eigenvalue weighted by Gasteiger charge is 2.23. The maximum Gasteiger partial charge on any atom is 0.133 e. The fourth-order valence-corrected chi connectivity index (χ4v) is 4.23. The van der Waals surface area contributed by atoms with Gasteiger partial charge in [0.15, 0.2) is 0 Å². The molecule has 1 aliphatic heterocycles. The van der Waals surface area contributed by atoms with Crippen molar-refractivity contribution < 1.29 is 9.84 Å². The van der Waals surface area contributed by atoms with Crippen LogP contribution in [-0.4, -0.2) is 42.4 Å². The van der Waals surface area contributed by atoms with Crippen LogP contribution in [0.15, 0.2) is 27.1 Å². The number of piperidine rings is 1. The van der Waals surface area contributed by atoms with E-state index in [0.29, 0.717) is 25.0 Å². The average molecular weight is 421 g/mol. The third kappa shape index (κ3) is 5.55. The molecule has 1 aromatic rings. The smallest absolute Gasteiger partial charge is 0.133 e. The van der Waals surface area contributed by atoms with Crippen LogP contribution in [-0.2, 0) is 0 Å². The Morgan fingerprint density at radius 3 is 2.57 bits per heavy atom. The molecule has 0 bridgehead atoms. The lowest BCUT2D eigenvalue weighted by Gasteiger charge is -2.35. The Labute approximate surface area is 143 Å². The topological polar surface area (TPSA) is 32.7 Å². The molecule has 2 rings (SSSR count). The predicted molar refractivity (Wildman–Crippen MR) is 92.7 cm³/mol. The van der Waals surface area contributed by atoms with Gasteiger partial charge in [-0.25, -0.2) is 0 Å². The number of aliphatic hydroxyl groups is 1. The SMILES string of the molecule is C[C@@H]1C[C@@H](C)CN(C[C@@H](O)COc2ccc(Br)cc2Br)C1. The number of halogens is 2. The summed E-state index contributed by atoms with van der Waals surface area (Å²) >= 11 is 6.88. The van der Waals surface area contributed by atoms with Gasteiger partial charge in [0.25, 0.3) is 0 Å². The van der Waals surface area contributed by atoms with Gasteiger partial charge in [0.2, 0.25) is 0 Å². The van der Waals surface area contributed by atoms with Gasteiger partial charge in [0.05, 0.1) is 4.47 Å². The van der Waals surface area contributed by atoms with Gasteiger partial charge in [-0.2, -0.15) is 0 Å². The van der Waals surface area contributed by atoms with Crippen molar-refractivity contribution in [1.82, 2.24) is 4.90 Å². The number of likely N-dealkylation sites (tertiary alicyclic amines) is 1. The summed E-state index contributed by atoms with van der Waals surface area (Å²) < 4.78 is 7.60. The van der Waals surface area contributed by atoms with Crippen LogP contribution in [0.25, 0.3) is 0 Å². The van der Waals surface area contributed by atoms with Crippen LogP contribution in [0.4, 0.5) is 0 Å². The highest BCUT2D eigenvalue weighted by atomic mass is 79.9. The lowest BCUT2D eigenvalue weighted by atomic mass is 9.92. The van der Waals surface area contributed by atoms with Gasteiger partial charge >= 0.3 is 0 Å². The molecule has 0 amide bonds. The summed E-state index contributed by atoms with van der Waals surface area (Å²) in [5.74, 6) is 2.18. The third-order valence-corrected chi connectivity index (χ3v) is 4.85. The molecule has 5 heteroatoms. The minimum absolute atomic E-state index is 0.319. The minimum Gasteiger partial charge on any atom is -0.490 e. The Morgan fingerprint density at radius 1 is 1.29 bits per heavy atom. The lowest BCUT2D eigenvalue weighted by molar-refractivity contribution is 0.0427. The van der Waals surface area contributed by atoms with Gasteiger partial charge in [-0.15, -0.1) is 0 Å². The highest BCUT2D eigenvalue weighted by molar-refractivity contribution is 9.11. The quantitative estimate of drug-likeness (QED) is 0.783. The summed E-state index contributed by atoms with van der Waals surface area (Å²) in [6.07, 6.45) is 0.827. The molecular weight excluding hydrogens is 398 g/mol. The monoisotopic (exact) mass is 419 g/mol. The van der Waals surface area contributed by atoms with E-state index in [4.69, 9.17) is 4.74 Å². The zero-order valence-corrected chi connectivity index (χ0v) is 15.7. The molecule has 1 heterocycles. The lowest BCUT2D eigenvalue weighted by Crippen LogP contribution is -2.44. The zero-order valence-electron chi connectivity index (χ0n) is 12.6. The van der Waals surface area contributed by atoms with E-state index in [1.165, 1.54) is 6.42 Å². The van der Waals surface area contributed by atoms with E-state index in [-0.39, 0.29) is 0 Å².